The molecule has 174 valence electrons. The summed E-state index contributed by atoms with van der Waals surface area (Å²) in [4.78, 5) is 27.0. The zero-order chi connectivity index (χ0) is 24.4. The largest absolute Gasteiger partial charge is 0.488 e. The monoisotopic (exact) mass is 615 g/mol. The van der Waals surface area contributed by atoms with Gasteiger partial charge in [0.2, 0.25) is 0 Å². The van der Waals surface area contributed by atoms with Gasteiger partial charge < -0.3 is 4.74 Å². The Balaban J connectivity index is 1.56. The number of rotatable bonds is 6. The second-order valence-electron chi connectivity index (χ2n) is 7.21. The average Bonchev–Trinajstić information content (AvgIpc) is 3.03. The van der Waals surface area contributed by atoms with Crippen LogP contribution in [0.15, 0.2) is 64.0 Å². The minimum Gasteiger partial charge on any atom is -0.488 e. The van der Waals surface area contributed by atoms with Crippen LogP contribution in [0.4, 0.5) is 4.79 Å². The van der Waals surface area contributed by atoms with Gasteiger partial charge in [-0.05, 0) is 65.9 Å². The molecule has 4 nitrogen and oxygen atoms in total. The van der Waals surface area contributed by atoms with Gasteiger partial charge in [-0.2, -0.15) is 0 Å². The van der Waals surface area contributed by atoms with Crippen molar-refractivity contribution in [3.63, 3.8) is 0 Å². The van der Waals surface area contributed by atoms with E-state index in [9.17, 15) is 9.59 Å². The van der Waals surface area contributed by atoms with Crippen LogP contribution >= 0.6 is 74.1 Å². The SMILES string of the molecule is O=C1S/C(=C\c2cc(Br)ccc2OCc2ccc(Cl)cc2Cl)C(=O)N1Cc1ccc(Cl)cc1Cl. The third-order valence-corrected chi connectivity index (χ3v) is 7.45. The first-order valence-electron chi connectivity index (χ1n) is 9.77. The first-order chi connectivity index (χ1) is 16.2. The molecular weight excluding hydrogens is 604 g/mol. The number of carbonyl (C=O) groups is 2. The molecule has 10 heteroatoms. The molecule has 1 heterocycles. The zero-order valence-electron chi connectivity index (χ0n) is 17.2. The summed E-state index contributed by atoms with van der Waals surface area (Å²) in [5, 5.41) is 1.51. The second-order valence-corrected chi connectivity index (χ2v) is 10.8. The van der Waals surface area contributed by atoms with Gasteiger partial charge in [-0.15, -0.1) is 0 Å². The summed E-state index contributed by atoms with van der Waals surface area (Å²) >= 11 is 28.7. The fourth-order valence-corrected chi connectivity index (χ4v) is 5.29. The van der Waals surface area contributed by atoms with Gasteiger partial charge in [-0.1, -0.05) is 74.5 Å². The van der Waals surface area contributed by atoms with Crippen LogP contribution in [0.5, 0.6) is 5.75 Å². The fraction of sp³-hybridized carbons (Fsp3) is 0.0833. The van der Waals surface area contributed by atoms with Crippen molar-refractivity contribution in [3.8, 4) is 5.75 Å². The van der Waals surface area contributed by atoms with E-state index >= 15 is 0 Å². The number of amides is 2. The number of ether oxygens (including phenoxy) is 1. The van der Waals surface area contributed by atoms with E-state index in [1.807, 2.05) is 12.1 Å². The molecule has 0 bridgehead atoms. The molecule has 4 rings (SSSR count). The van der Waals surface area contributed by atoms with E-state index in [4.69, 9.17) is 51.1 Å². The van der Waals surface area contributed by atoms with E-state index in [2.05, 4.69) is 15.9 Å². The van der Waals surface area contributed by atoms with Gasteiger partial charge in [0.15, 0.2) is 0 Å². The van der Waals surface area contributed by atoms with Crippen LogP contribution in [0.2, 0.25) is 20.1 Å². The van der Waals surface area contributed by atoms with E-state index in [0.717, 1.165) is 26.7 Å². The predicted octanol–water partition coefficient (Wildman–Crippen LogP) is 8.88. The molecule has 3 aromatic rings. The molecule has 0 aliphatic carbocycles. The lowest BCUT2D eigenvalue weighted by Crippen LogP contribution is -2.27. The predicted molar refractivity (Wildman–Crippen MR) is 143 cm³/mol. The zero-order valence-corrected chi connectivity index (χ0v) is 22.6. The highest BCUT2D eigenvalue weighted by molar-refractivity contribution is 9.10. The van der Waals surface area contributed by atoms with Crippen molar-refractivity contribution in [1.29, 1.82) is 0 Å². The van der Waals surface area contributed by atoms with Crippen LogP contribution in [-0.4, -0.2) is 16.0 Å². The summed E-state index contributed by atoms with van der Waals surface area (Å²) in [6, 6.07) is 15.5. The van der Waals surface area contributed by atoms with E-state index in [1.54, 1.807) is 48.5 Å². The Morgan fingerprint density at radius 2 is 1.53 bits per heavy atom. The van der Waals surface area contributed by atoms with E-state index in [0.29, 0.717) is 37.0 Å². The molecule has 0 saturated carbocycles. The highest BCUT2D eigenvalue weighted by Gasteiger charge is 2.35. The Hall–Kier alpha value is -1.67. The Kier molecular flexibility index (Phi) is 8.18. The lowest BCUT2D eigenvalue weighted by atomic mass is 10.1. The van der Waals surface area contributed by atoms with Gasteiger partial charge in [-0.3, -0.25) is 14.5 Å². The summed E-state index contributed by atoms with van der Waals surface area (Å²) in [7, 11) is 0. The molecule has 1 aliphatic rings. The maximum absolute atomic E-state index is 13.0. The molecule has 0 N–H and O–H groups in total. The molecule has 2 amide bonds. The minimum absolute atomic E-state index is 0.0505. The number of imide groups is 1. The number of carbonyl (C=O) groups excluding carboxylic acids is 2. The first-order valence-corrected chi connectivity index (χ1v) is 12.9. The maximum atomic E-state index is 13.0. The van der Waals surface area contributed by atoms with Crippen molar-refractivity contribution in [2.24, 2.45) is 0 Å². The topological polar surface area (TPSA) is 46.6 Å². The lowest BCUT2D eigenvalue weighted by molar-refractivity contribution is -0.123. The van der Waals surface area contributed by atoms with Crippen LogP contribution < -0.4 is 4.74 Å². The van der Waals surface area contributed by atoms with Gasteiger partial charge in [0, 0.05) is 35.7 Å². The molecule has 0 atom stereocenters. The fourth-order valence-electron chi connectivity index (χ4n) is 3.16. The van der Waals surface area contributed by atoms with Crippen LogP contribution in [0.1, 0.15) is 16.7 Å². The van der Waals surface area contributed by atoms with Gasteiger partial charge in [0.25, 0.3) is 11.1 Å². The normalized spacial score (nSPS) is 14.9. The Morgan fingerprint density at radius 1 is 0.882 bits per heavy atom. The number of halogens is 5. The van der Waals surface area contributed by atoms with Crippen LogP contribution in [0, 0.1) is 0 Å². The van der Waals surface area contributed by atoms with E-state index < -0.39 is 5.91 Å². The summed E-state index contributed by atoms with van der Waals surface area (Å²) in [5.41, 5.74) is 2.02. The smallest absolute Gasteiger partial charge is 0.293 e. The Labute approximate surface area is 228 Å². The molecule has 0 spiro atoms. The third-order valence-electron chi connectivity index (χ3n) is 4.87. The van der Waals surface area contributed by atoms with Crippen molar-refractivity contribution >= 4 is 91.3 Å². The quantitative estimate of drug-likeness (QED) is 0.259. The van der Waals surface area contributed by atoms with Crippen molar-refractivity contribution < 1.29 is 14.3 Å². The summed E-state index contributed by atoms with van der Waals surface area (Å²) < 4.78 is 6.77. The number of hydrogen-bond acceptors (Lipinski definition) is 4. The van der Waals surface area contributed by atoms with Crippen LogP contribution in [0.25, 0.3) is 6.08 Å². The molecule has 34 heavy (non-hydrogen) atoms. The minimum atomic E-state index is -0.410. The lowest BCUT2D eigenvalue weighted by Gasteiger charge is -2.14. The van der Waals surface area contributed by atoms with E-state index in [-0.39, 0.29) is 23.3 Å². The molecule has 0 aromatic heterocycles. The molecule has 3 aromatic carbocycles. The average molecular weight is 618 g/mol. The van der Waals surface area contributed by atoms with Gasteiger partial charge in [-0.25, -0.2) is 0 Å². The highest BCUT2D eigenvalue weighted by atomic mass is 79.9. The summed E-state index contributed by atoms with van der Waals surface area (Å²) in [6.07, 6.45) is 1.64. The Morgan fingerprint density at radius 3 is 2.18 bits per heavy atom. The third kappa shape index (κ3) is 5.93. The summed E-state index contributed by atoms with van der Waals surface area (Å²) in [5.74, 6) is 0.120. The van der Waals surface area contributed by atoms with E-state index in [1.165, 1.54) is 0 Å². The number of thioether (sulfide) groups is 1. The molecule has 1 aliphatic heterocycles. The van der Waals surface area contributed by atoms with Crippen molar-refractivity contribution in [2.75, 3.05) is 0 Å². The van der Waals surface area contributed by atoms with Crippen molar-refractivity contribution in [2.45, 2.75) is 13.2 Å². The molecule has 0 unspecified atom stereocenters. The highest BCUT2D eigenvalue weighted by Crippen LogP contribution is 2.37. The molecule has 1 saturated heterocycles. The first kappa shape index (κ1) is 25.4. The van der Waals surface area contributed by atoms with Gasteiger partial charge in [0.05, 0.1) is 11.4 Å². The standard InChI is InChI=1S/C24H14BrCl4NO3S/c25-16-3-6-21(33-12-14-2-5-18(27)10-20(14)29)15(7-16)8-22-23(31)30(24(32)34-22)11-13-1-4-17(26)9-19(13)28/h1-10H,11-12H2/b22-8-. The molecular formula is C24H14BrCl4NO3S. The number of nitrogens with zero attached hydrogens (tertiary/aromatic N) is 1. The van der Waals surface area contributed by atoms with Crippen molar-refractivity contribution in [1.82, 2.24) is 4.90 Å². The van der Waals surface area contributed by atoms with Crippen LogP contribution in [-0.2, 0) is 17.9 Å². The van der Waals surface area contributed by atoms with Crippen molar-refractivity contribution in [3.05, 3.63) is 101 Å². The second kappa shape index (κ2) is 10.9. The van der Waals surface area contributed by atoms with Gasteiger partial charge in [0.1, 0.15) is 12.4 Å². The molecule has 1 fully saturated rings. The number of hydrogen-bond donors (Lipinski definition) is 0. The molecule has 0 radical (unpaired) electrons. The van der Waals surface area contributed by atoms with Gasteiger partial charge >= 0.3 is 0 Å². The Bertz CT molecular complexity index is 1330. The summed E-state index contributed by atoms with van der Waals surface area (Å²) in [6.45, 7) is 0.254. The number of benzene rings is 3. The van der Waals surface area contributed by atoms with Crippen LogP contribution in [0.3, 0.4) is 0 Å². The maximum Gasteiger partial charge on any atom is 0.293 e.